The van der Waals surface area contributed by atoms with Crippen molar-refractivity contribution in [2.75, 3.05) is 0 Å². The first-order chi connectivity index (χ1) is 17.9. The van der Waals surface area contributed by atoms with Gasteiger partial charge in [-0.25, -0.2) is 0 Å². The molecule has 0 heterocycles. The SMILES string of the molecule is CCCCCCCCCCCCCCCCCCCCC(C=Nc1ccccc1)=Nc1ccccc1.[Ni]. The number of benzene rings is 2. The Hall–Kier alpha value is -1.73. The summed E-state index contributed by atoms with van der Waals surface area (Å²) in [7, 11) is 0. The number of nitrogens with zero attached hydrogens (tertiary/aromatic N) is 2. The molecule has 0 amide bonds. The van der Waals surface area contributed by atoms with Gasteiger partial charge in [0.05, 0.1) is 17.1 Å². The van der Waals surface area contributed by atoms with Gasteiger partial charge < -0.3 is 0 Å². The van der Waals surface area contributed by atoms with Gasteiger partial charge in [0.1, 0.15) is 0 Å². The largest absolute Gasteiger partial charge is 0.255 e. The predicted molar refractivity (Wildman–Crippen MR) is 162 cm³/mol. The molecule has 0 unspecified atom stereocenters. The van der Waals surface area contributed by atoms with E-state index in [-0.39, 0.29) is 16.5 Å². The molecular formula is C34H52N2Ni. The number of rotatable bonds is 22. The van der Waals surface area contributed by atoms with Crippen molar-refractivity contribution in [3.8, 4) is 0 Å². The monoisotopic (exact) mass is 546 g/mol. The van der Waals surface area contributed by atoms with Gasteiger partial charge in [-0.3, -0.25) is 9.98 Å². The fourth-order valence-electron chi connectivity index (χ4n) is 4.69. The van der Waals surface area contributed by atoms with Crippen molar-refractivity contribution in [2.24, 2.45) is 9.98 Å². The van der Waals surface area contributed by atoms with Gasteiger partial charge >= 0.3 is 0 Å². The quantitative estimate of drug-likeness (QED) is 0.0796. The van der Waals surface area contributed by atoms with Gasteiger partial charge in [-0.15, -0.1) is 0 Å². The standard InChI is InChI=1S/C34H52N2.Ni/c1-2-3-4-5-6-7-8-9-10-11-12-13-14-15-16-17-18-21-30-34(36-33-28-24-20-25-29-33)31-35-32-26-22-19-23-27-32;/h19-20,22-29,31H,2-18,21,30H2,1H3;. The van der Waals surface area contributed by atoms with Gasteiger partial charge in [0, 0.05) is 22.7 Å². The van der Waals surface area contributed by atoms with Crippen LogP contribution in [0, 0.1) is 0 Å². The maximum atomic E-state index is 4.86. The van der Waals surface area contributed by atoms with E-state index in [0.717, 1.165) is 23.5 Å². The molecule has 2 aromatic rings. The minimum absolute atomic E-state index is 0. The third kappa shape index (κ3) is 19.1. The third-order valence-electron chi connectivity index (χ3n) is 6.93. The summed E-state index contributed by atoms with van der Waals surface area (Å²) >= 11 is 0. The molecule has 0 N–H and O–H groups in total. The molecule has 2 nitrogen and oxygen atoms in total. The molecule has 3 heteroatoms. The molecule has 0 bridgehead atoms. The Balaban J connectivity index is 0.00000684. The number of para-hydroxylation sites is 2. The van der Waals surface area contributed by atoms with Crippen LogP contribution in [0.2, 0.25) is 0 Å². The minimum atomic E-state index is 0. The number of hydrogen-bond acceptors (Lipinski definition) is 2. The second kappa shape index (κ2) is 24.6. The molecule has 0 atom stereocenters. The molecule has 2 aromatic carbocycles. The molecule has 0 aliphatic rings. The predicted octanol–water partition coefficient (Wildman–Crippen LogP) is 11.6. The first kappa shape index (κ1) is 33.3. The van der Waals surface area contributed by atoms with Crippen molar-refractivity contribution in [3.63, 3.8) is 0 Å². The number of unbranched alkanes of at least 4 members (excludes halogenated alkanes) is 17. The Morgan fingerprint density at radius 2 is 0.892 bits per heavy atom. The first-order valence-electron chi connectivity index (χ1n) is 15.1. The van der Waals surface area contributed by atoms with E-state index in [0.29, 0.717) is 0 Å². The summed E-state index contributed by atoms with van der Waals surface area (Å²) in [6, 6.07) is 20.4. The summed E-state index contributed by atoms with van der Waals surface area (Å²) in [5.74, 6) is 0. The fraction of sp³-hybridized carbons (Fsp3) is 0.588. The third-order valence-corrected chi connectivity index (χ3v) is 6.93. The molecule has 0 saturated carbocycles. The zero-order chi connectivity index (χ0) is 25.4. The smallest absolute Gasteiger partial charge is 0.0633 e. The van der Waals surface area contributed by atoms with Crippen LogP contribution >= 0.6 is 0 Å². The van der Waals surface area contributed by atoms with Crippen LogP contribution in [0.25, 0.3) is 0 Å². The molecular weight excluding hydrogens is 495 g/mol. The molecule has 0 fully saturated rings. The maximum Gasteiger partial charge on any atom is 0.0633 e. The number of hydrogen-bond donors (Lipinski definition) is 0. The van der Waals surface area contributed by atoms with E-state index in [2.05, 4.69) is 24.0 Å². The van der Waals surface area contributed by atoms with Gasteiger partial charge in [-0.05, 0) is 37.1 Å². The van der Waals surface area contributed by atoms with Gasteiger partial charge in [0.2, 0.25) is 0 Å². The molecule has 0 aliphatic carbocycles. The van der Waals surface area contributed by atoms with E-state index in [1.54, 1.807) is 0 Å². The van der Waals surface area contributed by atoms with E-state index in [9.17, 15) is 0 Å². The van der Waals surface area contributed by atoms with Crippen molar-refractivity contribution < 1.29 is 16.5 Å². The van der Waals surface area contributed by atoms with Gasteiger partial charge in [0.25, 0.3) is 0 Å². The summed E-state index contributed by atoms with van der Waals surface area (Å²) < 4.78 is 0. The molecule has 37 heavy (non-hydrogen) atoms. The zero-order valence-electron chi connectivity index (χ0n) is 23.5. The average molecular weight is 547 g/mol. The first-order valence-corrected chi connectivity index (χ1v) is 15.1. The van der Waals surface area contributed by atoms with E-state index in [1.165, 1.54) is 116 Å². The zero-order valence-corrected chi connectivity index (χ0v) is 24.5. The van der Waals surface area contributed by atoms with Crippen molar-refractivity contribution in [1.82, 2.24) is 0 Å². The summed E-state index contributed by atoms with van der Waals surface area (Å²) in [5.41, 5.74) is 3.06. The van der Waals surface area contributed by atoms with Crippen LogP contribution in [-0.4, -0.2) is 11.9 Å². The van der Waals surface area contributed by atoms with Crippen molar-refractivity contribution in [1.29, 1.82) is 0 Å². The average Bonchev–Trinajstić information content (AvgIpc) is 2.92. The van der Waals surface area contributed by atoms with Gasteiger partial charge in [-0.2, -0.15) is 0 Å². The Bertz CT molecular complexity index is 801. The van der Waals surface area contributed by atoms with Crippen LogP contribution in [0.15, 0.2) is 70.6 Å². The van der Waals surface area contributed by atoms with Crippen LogP contribution in [-0.2, 0) is 16.5 Å². The number of aliphatic imine (C=N–C) groups is 2. The molecule has 0 aromatic heterocycles. The van der Waals surface area contributed by atoms with Crippen LogP contribution in [0.3, 0.4) is 0 Å². The summed E-state index contributed by atoms with van der Waals surface area (Å²) in [4.78, 5) is 9.50. The van der Waals surface area contributed by atoms with E-state index < -0.39 is 0 Å². The summed E-state index contributed by atoms with van der Waals surface area (Å²) in [5, 5.41) is 0. The molecule has 0 radical (unpaired) electrons. The Kier molecular flexibility index (Phi) is 22.1. The Morgan fingerprint density at radius 3 is 1.32 bits per heavy atom. The topological polar surface area (TPSA) is 24.7 Å². The summed E-state index contributed by atoms with van der Waals surface area (Å²) in [6.45, 7) is 2.30. The van der Waals surface area contributed by atoms with E-state index in [1.807, 2.05) is 54.7 Å². The summed E-state index contributed by atoms with van der Waals surface area (Å²) in [6.07, 6.45) is 28.3. The maximum absolute atomic E-state index is 4.86. The Morgan fingerprint density at radius 1 is 0.514 bits per heavy atom. The van der Waals surface area contributed by atoms with Crippen LogP contribution < -0.4 is 0 Å². The second-order valence-corrected chi connectivity index (χ2v) is 10.3. The van der Waals surface area contributed by atoms with E-state index >= 15 is 0 Å². The fourth-order valence-corrected chi connectivity index (χ4v) is 4.69. The normalized spacial score (nSPS) is 11.6. The van der Waals surface area contributed by atoms with Gasteiger partial charge in [0.15, 0.2) is 0 Å². The minimum Gasteiger partial charge on any atom is -0.255 e. The molecule has 2 rings (SSSR count). The van der Waals surface area contributed by atoms with Crippen LogP contribution in [0.1, 0.15) is 129 Å². The van der Waals surface area contributed by atoms with Crippen molar-refractivity contribution in [3.05, 3.63) is 60.7 Å². The second-order valence-electron chi connectivity index (χ2n) is 10.3. The van der Waals surface area contributed by atoms with Gasteiger partial charge in [-0.1, -0.05) is 152 Å². The molecule has 208 valence electrons. The van der Waals surface area contributed by atoms with Crippen LogP contribution in [0.4, 0.5) is 11.4 Å². The van der Waals surface area contributed by atoms with Crippen molar-refractivity contribution in [2.45, 2.75) is 129 Å². The van der Waals surface area contributed by atoms with Crippen LogP contribution in [0.5, 0.6) is 0 Å². The van der Waals surface area contributed by atoms with Crippen molar-refractivity contribution >= 4 is 23.3 Å². The Labute approximate surface area is 238 Å². The van der Waals surface area contributed by atoms with E-state index in [4.69, 9.17) is 4.99 Å². The molecule has 0 saturated heterocycles. The molecule has 0 aliphatic heterocycles. The molecule has 0 spiro atoms.